The molecule has 2 aromatic rings. The highest BCUT2D eigenvalue weighted by atomic mass is 16.7. The largest absolute Gasteiger partial charge is 0.489 e. The fourth-order valence-electron chi connectivity index (χ4n) is 2.80. The Morgan fingerprint density at radius 2 is 1.92 bits per heavy atom. The van der Waals surface area contributed by atoms with Crippen molar-refractivity contribution < 1.29 is 23.7 Å². The van der Waals surface area contributed by atoms with Crippen LogP contribution in [0.1, 0.15) is 18.9 Å². The molecule has 0 spiro atoms. The minimum Gasteiger partial charge on any atom is -0.489 e. The molecule has 5 heteroatoms. The molecule has 1 saturated heterocycles. The number of hydrogen-bond acceptors (Lipinski definition) is 5. The molecule has 0 aromatic heterocycles. The minimum absolute atomic E-state index is 0.163. The molecule has 4 rings (SSSR count). The Kier molecular flexibility index (Phi) is 4.17. The summed E-state index contributed by atoms with van der Waals surface area (Å²) in [6, 6.07) is 13.5. The molecule has 1 unspecified atom stereocenters. The Bertz CT molecular complexity index is 715. The van der Waals surface area contributed by atoms with E-state index in [0.29, 0.717) is 12.5 Å². The van der Waals surface area contributed by atoms with Gasteiger partial charge in [-0.15, -0.1) is 0 Å². The van der Waals surface area contributed by atoms with Crippen LogP contribution < -0.4 is 18.9 Å². The maximum atomic E-state index is 5.86. The quantitative estimate of drug-likeness (QED) is 0.836. The summed E-state index contributed by atoms with van der Waals surface area (Å²) in [5.74, 6) is 3.61. The molecule has 0 saturated carbocycles. The van der Waals surface area contributed by atoms with E-state index in [4.69, 9.17) is 23.7 Å². The number of benzene rings is 2. The minimum atomic E-state index is -0.163. The number of hydrogen-bond donors (Lipinski definition) is 0. The SMILES string of the molecule is C[C@H]1COC(Oc2cccc(OCc3ccc4c(c3)OCO4)c2)C1. The van der Waals surface area contributed by atoms with E-state index in [0.717, 1.165) is 41.6 Å². The van der Waals surface area contributed by atoms with Gasteiger partial charge in [-0.2, -0.15) is 0 Å². The zero-order chi connectivity index (χ0) is 16.4. The van der Waals surface area contributed by atoms with Gasteiger partial charge in [-0.25, -0.2) is 0 Å². The van der Waals surface area contributed by atoms with Crippen molar-refractivity contribution >= 4 is 0 Å². The van der Waals surface area contributed by atoms with E-state index < -0.39 is 0 Å². The van der Waals surface area contributed by atoms with E-state index in [1.54, 1.807) is 0 Å². The average Bonchev–Trinajstić information content (AvgIpc) is 3.21. The summed E-state index contributed by atoms with van der Waals surface area (Å²) in [7, 11) is 0. The van der Waals surface area contributed by atoms with Gasteiger partial charge in [0.2, 0.25) is 6.79 Å². The molecule has 2 aliphatic rings. The Morgan fingerprint density at radius 1 is 1.04 bits per heavy atom. The highest BCUT2D eigenvalue weighted by Crippen LogP contribution is 2.33. The van der Waals surface area contributed by atoms with Gasteiger partial charge in [-0.1, -0.05) is 19.1 Å². The summed E-state index contributed by atoms with van der Waals surface area (Å²) in [5.41, 5.74) is 1.03. The maximum absolute atomic E-state index is 5.86. The second-order valence-corrected chi connectivity index (χ2v) is 6.17. The van der Waals surface area contributed by atoms with Crippen LogP contribution in [0.3, 0.4) is 0 Å². The maximum Gasteiger partial charge on any atom is 0.231 e. The molecule has 126 valence electrons. The predicted molar refractivity (Wildman–Crippen MR) is 87.5 cm³/mol. The second kappa shape index (κ2) is 6.61. The normalized spacial score (nSPS) is 21.7. The van der Waals surface area contributed by atoms with Gasteiger partial charge in [0.05, 0.1) is 6.61 Å². The van der Waals surface area contributed by atoms with Crippen molar-refractivity contribution in [1.29, 1.82) is 0 Å². The predicted octanol–water partition coefficient (Wildman–Crippen LogP) is 3.76. The van der Waals surface area contributed by atoms with Crippen LogP contribution >= 0.6 is 0 Å². The summed E-state index contributed by atoms with van der Waals surface area (Å²) in [6.45, 7) is 3.65. The van der Waals surface area contributed by atoms with Gasteiger partial charge in [-0.3, -0.25) is 0 Å². The van der Waals surface area contributed by atoms with E-state index in [9.17, 15) is 0 Å². The van der Waals surface area contributed by atoms with Crippen LogP contribution in [0, 0.1) is 5.92 Å². The third-order valence-electron chi connectivity index (χ3n) is 4.08. The summed E-state index contributed by atoms with van der Waals surface area (Å²) < 4.78 is 28.0. The topological polar surface area (TPSA) is 46.2 Å². The van der Waals surface area contributed by atoms with Crippen LogP contribution in [-0.4, -0.2) is 19.7 Å². The lowest BCUT2D eigenvalue weighted by Gasteiger charge is -2.14. The molecule has 0 bridgehead atoms. The van der Waals surface area contributed by atoms with Gasteiger partial charge in [0.1, 0.15) is 18.1 Å². The van der Waals surface area contributed by atoms with Crippen molar-refractivity contribution in [3.63, 3.8) is 0 Å². The van der Waals surface area contributed by atoms with Crippen LogP contribution in [-0.2, 0) is 11.3 Å². The Balaban J connectivity index is 1.37. The van der Waals surface area contributed by atoms with Crippen LogP contribution in [0.5, 0.6) is 23.0 Å². The average molecular weight is 328 g/mol. The van der Waals surface area contributed by atoms with Crippen molar-refractivity contribution in [2.24, 2.45) is 5.92 Å². The van der Waals surface area contributed by atoms with Crippen molar-refractivity contribution in [2.45, 2.75) is 26.2 Å². The third-order valence-corrected chi connectivity index (χ3v) is 4.08. The molecular formula is C19H20O5. The summed E-state index contributed by atoms with van der Waals surface area (Å²) >= 11 is 0. The second-order valence-electron chi connectivity index (χ2n) is 6.17. The summed E-state index contributed by atoms with van der Waals surface area (Å²) in [5, 5.41) is 0. The van der Waals surface area contributed by atoms with Gasteiger partial charge in [0.25, 0.3) is 0 Å². The first-order valence-corrected chi connectivity index (χ1v) is 8.16. The molecule has 2 atom stereocenters. The Morgan fingerprint density at radius 3 is 2.79 bits per heavy atom. The smallest absolute Gasteiger partial charge is 0.231 e. The van der Waals surface area contributed by atoms with E-state index in [1.165, 1.54) is 0 Å². The molecule has 0 N–H and O–H groups in total. The summed E-state index contributed by atoms with van der Waals surface area (Å²) in [4.78, 5) is 0. The van der Waals surface area contributed by atoms with Gasteiger partial charge in [0.15, 0.2) is 17.8 Å². The van der Waals surface area contributed by atoms with Crippen LogP contribution in [0.15, 0.2) is 42.5 Å². The fourth-order valence-corrected chi connectivity index (χ4v) is 2.80. The zero-order valence-corrected chi connectivity index (χ0v) is 13.6. The van der Waals surface area contributed by atoms with Crippen molar-refractivity contribution in [1.82, 2.24) is 0 Å². The van der Waals surface area contributed by atoms with Gasteiger partial charge in [-0.05, 0) is 35.7 Å². The zero-order valence-electron chi connectivity index (χ0n) is 13.6. The van der Waals surface area contributed by atoms with E-state index in [1.807, 2.05) is 42.5 Å². The molecule has 0 radical (unpaired) electrons. The summed E-state index contributed by atoms with van der Waals surface area (Å²) in [6.07, 6.45) is 0.756. The van der Waals surface area contributed by atoms with Gasteiger partial charge < -0.3 is 23.7 Å². The van der Waals surface area contributed by atoms with Crippen molar-refractivity contribution in [3.8, 4) is 23.0 Å². The Hall–Kier alpha value is -2.40. The van der Waals surface area contributed by atoms with Crippen LogP contribution in [0.4, 0.5) is 0 Å². The monoisotopic (exact) mass is 328 g/mol. The number of rotatable bonds is 5. The molecule has 2 aromatic carbocycles. The fraction of sp³-hybridized carbons (Fsp3) is 0.368. The van der Waals surface area contributed by atoms with Crippen LogP contribution in [0.2, 0.25) is 0 Å². The molecule has 24 heavy (non-hydrogen) atoms. The molecule has 2 aliphatic heterocycles. The first kappa shape index (κ1) is 15.1. The molecule has 1 fully saturated rings. The highest BCUT2D eigenvalue weighted by Gasteiger charge is 2.23. The van der Waals surface area contributed by atoms with Crippen molar-refractivity contribution in [3.05, 3.63) is 48.0 Å². The van der Waals surface area contributed by atoms with Gasteiger partial charge in [0, 0.05) is 12.5 Å². The van der Waals surface area contributed by atoms with E-state index >= 15 is 0 Å². The van der Waals surface area contributed by atoms with E-state index in [-0.39, 0.29) is 13.1 Å². The van der Waals surface area contributed by atoms with Gasteiger partial charge >= 0.3 is 0 Å². The lowest BCUT2D eigenvalue weighted by atomic mass is 10.1. The van der Waals surface area contributed by atoms with E-state index in [2.05, 4.69) is 6.92 Å². The molecule has 2 heterocycles. The first-order chi connectivity index (χ1) is 11.8. The lowest BCUT2D eigenvalue weighted by Crippen LogP contribution is -2.14. The van der Waals surface area contributed by atoms with Crippen LogP contribution in [0.25, 0.3) is 0 Å². The Labute approximate surface area is 141 Å². The van der Waals surface area contributed by atoms with Crippen molar-refractivity contribution in [2.75, 3.05) is 13.4 Å². The molecule has 0 amide bonds. The number of ether oxygens (including phenoxy) is 5. The standard InChI is InChI=1S/C19H20O5/c1-13-7-19(21-10-13)24-16-4-2-3-15(9-16)20-11-14-5-6-17-18(8-14)23-12-22-17/h2-6,8-9,13,19H,7,10-12H2,1H3/t13-,19?/m1/s1. The molecule has 5 nitrogen and oxygen atoms in total. The lowest BCUT2D eigenvalue weighted by molar-refractivity contribution is -0.0394. The molecule has 0 aliphatic carbocycles. The highest BCUT2D eigenvalue weighted by molar-refractivity contribution is 5.44. The first-order valence-electron chi connectivity index (χ1n) is 8.16. The molecular weight excluding hydrogens is 308 g/mol. The number of fused-ring (bicyclic) bond motifs is 1. The third kappa shape index (κ3) is 3.41.